The molecule has 3 fully saturated rings. The first-order valence-electron chi connectivity index (χ1n) is 15.4. The van der Waals surface area contributed by atoms with E-state index < -0.39 is 22.5 Å². The molecule has 0 atom stereocenters. The van der Waals surface area contributed by atoms with Crippen molar-refractivity contribution < 1.29 is 32.4 Å². The van der Waals surface area contributed by atoms with E-state index in [1.54, 1.807) is 7.11 Å². The minimum Gasteiger partial charge on any atom is -0.497 e. The molecule has 6 rings (SSSR count). The van der Waals surface area contributed by atoms with Crippen LogP contribution in [0.15, 0.2) is 53.1 Å². The number of methoxy groups -OCH3 is 1. The molecule has 1 aliphatic carbocycles. The number of rotatable bonds is 11. The van der Waals surface area contributed by atoms with Gasteiger partial charge >= 0.3 is 0 Å². The Morgan fingerprint density at radius 3 is 2.45 bits per heavy atom. The number of nitrogens with zero attached hydrogens (tertiary/aromatic N) is 2. The predicted molar refractivity (Wildman–Crippen MR) is 161 cm³/mol. The summed E-state index contributed by atoms with van der Waals surface area (Å²) in [6, 6.07) is 12.8. The molecule has 0 bridgehead atoms. The molecule has 2 aliphatic heterocycles. The normalized spacial score (nSPS) is 19.8. The smallest absolute Gasteiger partial charge is 0.185 e. The van der Waals surface area contributed by atoms with E-state index in [0.717, 1.165) is 62.3 Å². The van der Waals surface area contributed by atoms with Gasteiger partial charge in [0.05, 0.1) is 25.9 Å². The molecule has 1 aromatic heterocycles. The number of benzene rings is 2. The lowest BCUT2D eigenvalue weighted by Gasteiger charge is -2.56. The fourth-order valence-electron chi connectivity index (χ4n) is 7.39. The van der Waals surface area contributed by atoms with Crippen molar-refractivity contribution >= 4 is 11.6 Å². The molecule has 1 saturated carbocycles. The van der Waals surface area contributed by atoms with Crippen molar-refractivity contribution in [1.29, 1.82) is 0 Å². The summed E-state index contributed by atoms with van der Waals surface area (Å²) in [5.74, 6) is -0.840. The fraction of sp³-hybridized carbons (Fsp3) is 0.514. The number of hydrogen-bond acceptors (Lipinski definition) is 7. The highest BCUT2D eigenvalue weighted by Gasteiger charge is 2.51. The van der Waals surface area contributed by atoms with Crippen LogP contribution in [0.3, 0.4) is 0 Å². The number of halogens is 2. The molecule has 0 radical (unpaired) electrons. The fourth-order valence-corrected chi connectivity index (χ4v) is 7.39. The molecule has 234 valence electrons. The van der Waals surface area contributed by atoms with E-state index in [0.29, 0.717) is 31.0 Å². The maximum atomic E-state index is 14.3. The first-order valence-corrected chi connectivity index (χ1v) is 15.4. The monoisotopic (exact) mass is 606 g/mol. The Bertz CT molecular complexity index is 1530. The summed E-state index contributed by atoms with van der Waals surface area (Å²) in [4.78, 5) is 29.7. The first-order chi connectivity index (χ1) is 21.0. The van der Waals surface area contributed by atoms with Gasteiger partial charge in [-0.2, -0.15) is 0 Å². The van der Waals surface area contributed by atoms with Gasteiger partial charge in [0.2, 0.25) is 0 Å². The number of Topliss-reactive ketones (excluding diaryl/α,β-unsaturated/α-hetero) is 2. The molecule has 7 nitrogen and oxygen atoms in total. The Morgan fingerprint density at radius 1 is 1.05 bits per heavy atom. The van der Waals surface area contributed by atoms with Crippen molar-refractivity contribution in [3.63, 3.8) is 0 Å². The largest absolute Gasteiger partial charge is 0.497 e. The third-order valence-electron chi connectivity index (χ3n) is 10.0. The van der Waals surface area contributed by atoms with Gasteiger partial charge in [-0.05, 0) is 60.9 Å². The van der Waals surface area contributed by atoms with Crippen molar-refractivity contribution in [2.75, 3.05) is 33.4 Å². The summed E-state index contributed by atoms with van der Waals surface area (Å²) in [7, 11) is 1.63. The van der Waals surface area contributed by atoms with E-state index in [4.69, 9.17) is 14.0 Å². The lowest BCUT2D eigenvalue weighted by molar-refractivity contribution is -0.149. The van der Waals surface area contributed by atoms with Crippen LogP contribution >= 0.6 is 0 Å². The maximum absolute atomic E-state index is 14.3. The second-order valence-electron chi connectivity index (χ2n) is 13.9. The van der Waals surface area contributed by atoms with E-state index in [2.05, 4.69) is 23.9 Å². The Morgan fingerprint density at radius 2 is 1.80 bits per heavy atom. The summed E-state index contributed by atoms with van der Waals surface area (Å²) >= 11 is 0. The van der Waals surface area contributed by atoms with E-state index in [-0.39, 0.29) is 41.4 Å². The van der Waals surface area contributed by atoms with Crippen LogP contribution in [-0.4, -0.2) is 61.1 Å². The van der Waals surface area contributed by atoms with Crippen molar-refractivity contribution in [3.8, 4) is 17.1 Å². The van der Waals surface area contributed by atoms with Crippen LogP contribution < -0.4 is 4.74 Å². The zero-order chi connectivity index (χ0) is 31.1. The highest BCUT2D eigenvalue weighted by Crippen LogP contribution is 2.48. The lowest BCUT2D eigenvalue weighted by atomic mass is 9.66. The molecular formula is C35H40F2N2O5. The van der Waals surface area contributed by atoms with Crippen LogP contribution in [0.1, 0.15) is 74.8 Å². The second-order valence-corrected chi connectivity index (χ2v) is 13.9. The average molecular weight is 607 g/mol. The standard InChI is InChI=1S/C35H40F2N2O5/c1-33(2,23-5-4-6-27(13-23)42-3)16-26(40)17-35(19-39(20-35)25-9-11-34(12-10-25)21-43-22-34)18-31(41)30-15-32(44-38-30)28-8-7-24(36)14-29(28)37/h4-8,13-15,25H,9-12,16-22H2,1-3H3. The molecule has 9 heteroatoms. The topological polar surface area (TPSA) is 81.9 Å². The van der Waals surface area contributed by atoms with Crippen LogP contribution in [0, 0.1) is 22.5 Å². The molecule has 44 heavy (non-hydrogen) atoms. The lowest BCUT2D eigenvalue weighted by Crippen LogP contribution is -2.62. The van der Waals surface area contributed by atoms with Gasteiger partial charge in [0, 0.05) is 61.4 Å². The minimum atomic E-state index is -0.793. The third kappa shape index (κ3) is 6.22. The first kappa shape index (κ1) is 30.6. The summed E-state index contributed by atoms with van der Waals surface area (Å²) < 4.78 is 43.9. The van der Waals surface area contributed by atoms with Gasteiger partial charge in [0.1, 0.15) is 28.9 Å². The molecule has 0 amide bonds. The summed E-state index contributed by atoms with van der Waals surface area (Å²) in [5, 5.41) is 3.93. The van der Waals surface area contributed by atoms with Crippen molar-refractivity contribution in [1.82, 2.24) is 10.1 Å². The second kappa shape index (κ2) is 11.8. The Labute approximate surface area is 256 Å². The minimum absolute atomic E-state index is 0.0318. The number of hydrogen-bond donors (Lipinski definition) is 0. The van der Waals surface area contributed by atoms with Crippen molar-refractivity contribution in [3.05, 3.63) is 71.4 Å². The van der Waals surface area contributed by atoms with Gasteiger partial charge in [-0.3, -0.25) is 14.5 Å². The average Bonchev–Trinajstić information content (AvgIpc) is 3.45. The van der Waals surface area contributed by atoms with Crippen LogP contribution in [0.4, 0.5) is 8.78 Å². The van der Waals surface area contributed by atoms with Crippen LogP contribution in [0.2, 0.25) is 0 Å². The van der Waals surface area contributed by atoms with Gasteiger partial charge in [0.25, 0.3) is 0 Å². The van der Waals surface area contributed by atoms with Crippen LogP contribution in [-0.2, 0) is 14.9 Å². The quantitative estimate of drug-likeness (QED) is 0.222. The van der Waals surface area contributed by atoms with E-state index in [1.807, 2.05) is 24.3 Å². The van der Waals surface area contributed by atoms with Gasteiger partial charge in [0.15, 0.2) is 11.5 Å². The zero-order valence-electron chi connectivity index (χ0n) is 25.7. The van der Waals surface area contributed by atoms with Gasteiger partial charge in [-0.25, -0.2) is 8.78 Å². The number of ketones is 2. The predicted octanol–water partition coefficient (Wildman–Crippen LogP) is 6.79. The Hall–Kier alpha value is -3.43. The van der Waals surface area contributed by atoms with Crippen LogP contribution in [0.25, 0.3) is 11.3 Å². The molecule has 3 heterocycles. The summed E-state index contributed by atoms with van der Waals surface area (Å²) in [5.41, 5.74) is 0.547. The molecule has 0 unspecified atom stereocenters. The summed E-state index contributed by atoms with van der Waals surface area (Å²) in [6.07, 6.45) is 5.24. The number of carbonyl (C=O) groups excluding carboxylic acids is 2. The van der Waals surface area contributed by atoms with Gasteiger partial charge in [-0.15, -0.1) is 0 Å². The van der Waals surface area contributed by atoms with Crippen molar-refractivity contribution in [2.24, 2.45) is 10.8 Å². The number of carbonyl (C=O) groups is 2. The number of aromatic nitrogens is 1. The summed E-state index contributed by atoms with van der Waals surface area (Å²) in [6.45, 7) is 7.15. The van der Waals surface area contributed by atoms with Gasteiger partial charge < -0.3 is 14.0 Å². The molecule has 1 spiro atoms. The van der Waals surface area contributed by atoms with Crippen LogP contribution in [0.5, 0.6) is 5.75 Å². The van der Waals surface area contributed by atoms with Gasteiger partial charge in [-0.1, -0.05) is 31.1 Å². The highest BCUT2D eigenvalue weighted by molar-refractivity contribution is 5.96. The SMILES string of the molecule is COc1cccc(C(C)(C)CC(=O)CC2(CC(=O)c3cc(-c4ccc(F)cc4F)on3)CN(C3CCC4(CC3)COC4)C2)c1. The molecule has 3 aromatic rings. The molecule has 3 aliphatic rings. The Balaban J connectivity index is 1.17. The van der Waals surface area contributed by atoms with E-state index in [9.17, 15) is 18.4 Å². The maximum Gasteiger partial charge on any atom is 0.185 e. The molecule has 0 N–H and O–H groups in total. The number of likely N-dealkylation sites (tertiary alicyclic amines) is 1. The number of ether oxygens (including phenoxy) is 2. The zero-order valence-corrected chi connectivity index (χ0v) is 25.7. The third-order valence-corrected chi connectivity index (χ3v) is 10.0. The molecule has 2 saturated heterocycles. The highest BCUT2D eigenvalue weighted by atomic mass is 19.1. The van der Waals surface area contributed by atoms with Crippen molar-refractivity contribution in [2.45, 2.75) is 70.3 Å². The molecular weight excluding hydrogens is 566 g/mol. The van der Waals surface area contributed by atoms with E-state index in [1.165, 1.54) is 12.1 Å². The van der Waals surface area contributed by atoms with E-state index >= 15 is 0 Å². The molecule has 2 aromatic carbocycles. The Kier molecular flexibility index (Phi) is 8.22.